The van der Waals surface area contributed by atoms with E-state index in [9.17, 15) is 0 Å². The van der Waals surface area contributed by atoms with Gasteiger partial charge in [-0.15, -0.1) is 0 Å². The van der Waals surface area contributed by atoms with Crippen molar-refractivity contribution in [2.45, 2.75) is 24.5 Å². The Kier molecular flexibility index (Phi) is 1.43. The standard InChI is InChI=1S/C6H10S/c1-5-2-3-6(7)4-5/h6-7H,1-4H2/t6-/m0/s1. The topological polar surface area (TPSA) is 0 Å². The SMILES string of the molecule is C=C1CC[C@H](S)C1. The molecule has 1 aliphatic rings. The lowest BCUT2D eigenvalue weighted by Gasteiger charge is -1.91. The van der Waals surface area contributed by atoms with E-state index < -0.39 is 0 Å². The predicted octanol–water partition coefficient (Wildman–Crippen LogP) is 2.02. The zero-order valence-electron chi connectivity index (χ0n) is 4.35. The molecule has 0 aromatic carbocycles. The number of allylic oxidation sites excluding steroid dienone is 1. The van der Waals surface area contributed by atoms with Gasteiger partial charge >= 0.3 is 0 Å². The molecule has 0 aromatic rings. The Labute approximate surface area is 50.0 Å². The van der Waals surface area contributed by atoms with Crippen LogP contribution in [-0.4, -0.2) is 5.25 Å². The summed E-state index contributed by atoms with van der Waals surface area (Å²) < 4.78 is 0. The van der Waals surface area contributed by atoms with Gasteiger partial charge in [0.2, 0.25) is 0 Å². The van der Waals surface area contributed by atoms with Gasteiger partial charge in [-0.05, 0) is 19.3 Å². The maximum Gasteiger partial charge on any atom is 0.00569 e. The number of hydrogen-bond donors (Lipinski definition) is 1. The molecule has 0 nitrogen and oxygen atoms in total. The van der Waals surface area contributed by atoms with Crippen molar-refractivity contribution in [3.63, 3.8) is 0 Å². The second-order valence-electron chi connectivity index (χ2n) is 2.15. The lowest BCUT2D eigenvalue weighted by molar-refractivity contribution is 0.913. The van der Waals surface area contributed by atoms with E-state index in [1.807, 2.05) is 0 Å². The number of thiol groups is 1. The van der Waals surface area contributed by atoms with Crippen LogP contribution < -0.4 is 0 Å². The quantitative estimate of drug-likeness (QED) is 0.361. The second-order valence-corrected chi connectivity index (χ2v) is 2.88. The molecule has 0 amide bonds. The highest BCUT2D eigenvalue weighted by Crippen LogP contribution is 2.26. The van der Waals surface area contributed by atoms with Crippen LogP contribution in [0.4, 0.5) is 0 Å². The highest BCUT2D eigenvalue weighted by atomic mass is 32.1. The van der Waals surface area contributed by atoms with E-state index in [4.69, 9.17) is 0 Å². The van der Waals surface area contributed by atoms with Crippen molar-refractivity contribution < 1.29 is 0 Å². The van der Waals surface area contributed by atoms with Crippen LogP contribution in [0, 0.1) is 0 Å². The molecule has 40 valence electrons. The third kappa shape index (κ3) is 1.23. The fourth-order valence-electron chi connectivity index (χ4n) is 0.908. The Morgan fingerprint density at radius 2 is 2.43 bits per heavy atom. The number of rotatable bonds is 0. The predicted molar refractivity (Wildman–Crippen MR) is 35.8 cm³/mol. The minimum absolute atomic E-state index is 0.618. The summed E-state index contributed by atoms with van der Waals surface area (Å²) in [5, 5.41) is 0.618. The summed E-state index contributed by atoms with van der Waals surface area (Å²) in [5.74, 6) is 0. The highest BCUT2D eigenvalue weighted by molar-refractivity contribution is 7.81. The first-order chi connectivity index (χ1) is 3.29. The average Bonchev–Trinajstić information content (AvgIpc) is 1.87. The third-order valence-corrected chi connectivity index (χ3v) is 1.80. The van der Waals surface area contributed by atoms with Gasteiger partial charge in [-0.2, -0.15) is 12.6 Å². The first-order valence-corrected chi connectivity index (χ1v) is 3.15. The zero-order valence-corrected chi connectivity index (χ0v) is 5.25. The minimum atomic E-state index is 0.618. The van der Waals surface area contributed by atoms with Crippen LogP contribution in [0.3, 0.4) is 0 Å². The van der Waals surface area contributed by atoms with Crippen molar-refractivity contribution in [2.24, 2.45) is 0 Å². The van der Waals surface area contributed by atoms with Gasteiger partial charge in [-0.1, -0.05) is 12.2 Å². The van der Waals surface area contributed by atoms with Crippen LogP contribution in [0.1, 0.15) is 19.3 Å². The molecule has 0 spiro atoms. The van der Waals surface area contributed by atoms with Crippen molar-refractivity contribution in [2.75, 3.05) is 0 Å². The second kappa shape index (κ2) is 1.91. The van der Waals surface area contributed by atoms with E-state index in [-0.39, 0.29) is 0 Å². The first kappa shape index (κ1) is 5.23. The molecule has 1 aliphatic carbocycles. The molecule has 1 atom stereocenters. The van der Waals surface area contributed by atoms with E-state index in [0.29, 0.717) is 5.25 Å². The normalized spacial score (nSPS) is 31.6. The Balaban J connectivity index is 2.40. The summed E-state index contributed by atoms with van der Waals surface area (Å²) in [6, 6.07) is 0. The summed E-state index contributed by atoms with van der Waals surface area (Å²) in [6.07, 6.45) is 3.58. The fourth-order valence-corrected chi connectivity index (χ4v) is 1.30. The molecule has 1 heteroatoms. The molecular weight excluding hydrogens is 104 g/mol. The molecule has 0 aromatic heterocycles. The Hall–Kier alpha value is 0.0900. The molecule has 0 bridgehead atoms. The molecule has 0 unspecified atom stereocenters. The summed E-state index contributed by atoms with van der Waals surface area (Å²) >= 11 is 4.29. The molecule has 0 N–H and O–H groups in total. The Morgan fingerprint density at radius 3 is 2.57 bits per heavy atom. The lowest BCUT2D eigenvalue weighted by Crippen LogP contribution is -1.84. The van der Waals surface area contributed by atoms with E-state index in [1.165, 1.54) is 18.4 Å². The largest absolute Gasteiger partial charge is 0.176 e. The molecule has 0 saturated heterocycles. The molecular formula is C6H10S. The average molecular weight is 114 g/mol. The van der Waals surface area contributed by atoms with Gasteiger partial charge < -0.3 is 0 Å². The molecule has 1 fully saturated rings. The van der Waals surface area contributed by atoms with Crippen LogP contribution in [0.25, 0.3) is 0 Å². The molecule has 1 rings (SSSR count). The first-order valence-electron chi connectivity index (χ1n) is 2.64. The monoisotopic (exact) mass is 114 g/mol. The fraction of sp³-hybridized carbons (Fsp3) is 0.667. The van der Waals surface area contributed by atoms with Crippen molar-refractivity contribution >= 4 is 12.6 Å². The third-order valence-electron chi connectivity index (χ3n) is 1.36. The Bertz CT molecular complexity index is 86.2. The van der Waals surface area contributed by atoms with Gasteiger partial charge in [0.05, 0.1) is 0 Å². The molecule has 7 heavy (non-hydrogen) atoms. The van der Waals surface area contributed by atoms with Gasteiger partial charge in [-0.25, -0.2) is 0 Å². The van der Waals surface area contributed by atoms with Gasteiger partial charge in [0.25, 0.3) is 0 Å². The maximum atomic E-state index is 4.29. The minimum Gasteiger partial charge on any atom is -0.176 e. The van der Waals surface area contributed by atoms with E-state index in [0.717, 1.165) is 6.42 Å². The summed E-state index contributed by atoms with van der Waals surface area (Å²) in [4.78, 5) is 0. The van der Waals surface area contributed by atoms with Crippen molar-refractivity contribution in [1.29, 1.82) is 0 Å². The lowest BCUT2D eigenvalue weighted by atomic mass is 10.3. The van der Waals surface area contributed by atoms with E-state index in [1.54, 1.807) is 0 Å². The van der Waals surface area contributed by atoms with Crippen molar-refractivity contribution in [3.05, 3.63) is 12.2 Å². The van der Waals surface area contributed by atoms with Gasteiger partial charge in [0.15, 0.2) is 0 Å². The number of hydrogen-bond acceptors (Lipinski definition) is 1. The molecule has 0 aliphatic heterocycles. The summed E-state index contributed by atoms with van der Waals surface area (Å²) in [6.45, 7) is 3.86. The van der Waals surface area contributed by atoms with Gasteiger partial charge in [-0.3, -0.25) is 0 Å². The zero-order chi connectivity index (χ0) is 5.28. The summed E-state index contributed by atoms with van der Waals surface area (Å²) in [5.41, 5.74) is 1.38. The van der Waals surface area contributed by atoms with Crippen LogP contribution in [0.15, 0.2) is 12.2 Å². The van der Waals surface area contributed by atoms with E-state index >= 15 is 0 Å². The molecule has 0 heterocycles. The maximum absolute atomic E-state index is 4.29. The Morgan fingerprint density at radius 1 is 1.71 bits per heavy atom. The van der Waals surface area contributed by atoms with Crippen LogP contribution in [0.5, 0.6) is 0 Å². The van der Waals surface area contributed by atoms with Crippen LogP contribution in [-0.2, 0) is 0 Å². The van der Waals surface area contributed by atoms with Crippen molar-refractivity contribution in [1.82, 2.24) is 0 Å². The van der Waals surface area contributed by atoms with Gasteiger partial charge in [0, 0.05) is 5.25 Å². The molecule has 1 saturated carbocycles. The smallest absolute Gasteiger partial charge is 0.00569 e. The van der Waals surface area contributed by atoms with Crippen LogP contribution >= 0.6 is 12.6 Å². The van der Waals surface area contributed by atoms with Crippen molar-refractivity contribution in [3.8, 4) is 0 Å². The summed E-state index contributed by atoms with van der Waals surface area (Å²) in [7, 11) is 0. The van der Waals surface area contributed by atoms with E-state index in [2.05, 4.69) is 19.2 Å². The molecule has 0 radical (unpaired) electrons. The van der Waals surface area contributed by atoms with Gasteiger partial charge in [0.1, 0.15) is 0 Å². The van der Waals surface area contributed by atoms with Crippen LogP contribution in [0.2, 0.25) is 0 Å². The highest BCUT2D eigenvalue weighted by Gasteiger charge is 2.12.